The zero-order valence-corrected chi connectivity index (χ0v) is 12.9. The number of rotatable bonds is 1. The van der Waals surface area contributed by atoms with Crippen molar-refractivity contribution in [2.75, 3.05) is 20.7 Å². The van der Waals surface area contributed by atoms with Crippen molar-refractivity contribution in [2.24, 2.45) is 5.92 Å². The van der Waals surface area contributed by atoms with Crippen LogP contribution in [0.2, 0.25) is 0 Å². The Bertz CT molecular complexity index is 632. The maximum Gasteiger partial charge on any atom is 0.119 e. The molecule has 1 fully saturated rings. The lowest BCUT2D eigenvalue weighted by Gasteiger charge is -2.57. The van der Waals surface area contributed by atoms with Crippen LogP contribution in [0.25, 0.3) is 0 Å². The molecule has 110 valence electrons. The van der Waals surface area contributed by atoms with Crippen molar-refractivity contribution in [3.8, 4) is 5.75 Å². The summed E-state index contributed by atoms with van der Waals surface area (Å²) in [6.07, 6.45) is 8.14. The maximum atomic E-state index is 5.49. The molecule has 2 heteroatoms. The van der Waals surface area contributed by atoms with Crippen LogP contribution in [0.1, 0.15) is 24.0 Å². The Kier molecular flexibility index (Phi) is 2.80. The largest absolute Gasteiger partial charge is 0.497 e. The molecule has 2 nitrogen and oxygen atoms in total. The van der Waals surface area contributed by atoms with Gasteiger partial charge in [0, 0.05) is 17.4 Å². The van der Waals surface area contributed by atoms with Crippen molar-refractivity contribution in [2.45, 2.75) is 30.7 Å². The molecule has 2 bridgehead atoms. The molecule has 0 saturated carbocycles. The van der Waals surface area contributed by atoms with Crippen LogP contribution in [0.5, 0.6) is 5.75 Å². The van der Waals surface area contributed by atoms with Gasteiger partial charge in [0.2, 0.25) is 0 Å². The molecule has 3 atom stereocenters. The van der Waals surface area contributed by atoms with Gasteiger partial charge in [-0.3, -0.25) is 0 Å². The molecule has 0 spiro atoms. The number of hydrogen-bond donors (Lipinski definition) is 0. The van der Waals surface area contributed by atoms with Gasteiger partial charge < -0.3 is 9.64 Å². The third-order valence-corrected chi connectivity index (χ3v) is 5.89. The molecule has 4 rings (SSSR count). The molecule has 0 N–H and O–H groups in total. The van der Waals surface area contributed by atoms with Crippen molar-refractivity contribution in [3.63, 3.8) is 0 Å². The fourth-order valence-corrected chi connectivity index (χ4v) is 4.81. The lowest BCUT2D eigenvalue weighted by Crippen LogP contribution is -2.59. The highest BCUT2D eigenvalue weighted by molar-refractivity contribution is 5.49. The van der Waals surface area contributed by atoms with Crippen LogP contribution in [0, 0.1) is 5.92 Å². The summed E-state index contributed by atoms with van der Waals surface area (Å²) in [4.78, 5) is 2.55. The van der Waals surface area contributed by atoms with Crippen LogP contribution in [0.4, 0.5) is 0 Å². The number of allylic oxidation sites excluding steroid dienone is 2. The number of ether oxygens (including phenoxy) is 1. The molecule has 2 aliphatic carbocycles. The topological polar surface area (TPSA) is 12.5 Å². The molecule has 0 aromatic heterocycles. The summed E-state index contributed by atoms with van der Waals surface area (Å²) in [6, 6.07) is 7.30. The van der Waals surface area contributed by atoms with Crippen LogP contribution in [0.3, 0.4) is 0 Å². The minimum atomic E-state index is 0.241. The van der Waals surface area contributed by atoms with E-state index in [2.05, 4.69) is 48.9 Å². The Labute approximate surface area is 127 Å². The summed E-state index contributed by atoms with van der Waals surface area (Å²) in [5.41, 5.74) is 4.53. The number of fused-ring (bicyclic) bond motifs is 1. The molecule has 0 amide bonds. The summed E-state index contributed by atoms with van der Waals surface area (Å²) in [5, 5.41) is 0. The van der Waals surface area contributed by atoms with Gasteiger partial charge in [0.1, 0.15) is 5.75 Å². The molecule has 1 aliphatic heterocycles. The molecule has 21 heavy (non-hydrogen) atoms. The fourth-order valence-electron chi connectivity index (χ4n) is 4.81. The van der Waals surface area contributed by atoms with E-state index in [9.17, 15) is 0 Å². The first-order valence-electron chi connectivity index (χ1n) is 7.88. The van der Waals surface area contributed by atoms with E-state index in [0.717, 1.165) is 18.6 Å². The van der Waals surface area contributed by atoms with E-state index in [1.165, 1.54) is 29.7 Å². The average molecular weight is 281 g/mol. The normalized spacial score (nSPS) is 34.3. The van der Waals surface area contributed by atoms with E-state index in [1.807, 2.05) is 0 Å². The highest BCUT2D eigenvalue weighted by atomic mass is 16.5. The van der Waals surface area contributed by atoms with Gasteiger partial charge in [0.15, 0.2) is 0 Å². The SMILES string of the molecule is C=C1C=C[C@@H]2[C@@H]3Cc4ccc(OC)cc4[C@]2(CCN3C)C1. The van der Waals surface area contributed by atoms with Crippen molar-refractivity contribution < 1.29 is 4.74 Å². The van der Waals surface area contributed by atoms with E-state index >= 15 is 0 Å². The van der Waals surface area contributed by atoms with Gasteiger partial charge in [0.05, 0.1) is 7.11 Å². The van der Waals surface area contributed by atoms with Gasteiger partial charge >= 0.3 is 0 Å². The quantitative estimate of drug-likeness (QED) is 0.783. The van der Waals surface area contributed by atoms with E-state index in [-0.39, 0.29) is 5.41 Å². The first-order chi connectivity index (χ1) is 10.1. The highest BCUT2D eigenvalue weighted by Gasteiger charge is 2.52. The third-order valence-electron chi connectivity index (χ3n) is 5.89. The Hall–Kier alpha value is -1.54. The minimum absolute atomic E-state index is 0.241. The average Bonchev–Trinajstić information content (AvgIpc) is 2.50. The van der Waals surface area contributed by atoms with Gasteiger partial charge in [-0.1, -0.05) is 30.4 Å². The van der Waals surface area contributed by atoms with E-state index < -0.39 is 0 Å². The monoisotopic (exact) mass is 281 g/mol. The zero-order chi connectivity index (χ0) is 14.6. The number of likely N-dealkylation sites (tertiary alicyclic amines) is 1. The summed E-state index contributed by atoms with van der Waals surface area (Å²) in [7, 11) is 4.04. The van der Waals surface area contributed by atoms with Gasteiger partial charge in [-0.25, -0.2) is 0 Å². The second-order valence-corrected chi connectivity index (χ2v) is 6.90. The molecule has 1 heterocycles. The number of hydrogen-bond acceptors (Lipinski definition) is 2. The number of nitrogens with zero attached hydrogens (tertiary/aromatic N) is 1. The molecule has 0 radical (unpaired) electrons. The van der Waals surface area contributed by atoms with Gasteiger partial charge in [0.25, 0.3) is 0 Å². The predicted octanol–water partition coefficient (Wildman–Crippen LogP) is 3.33. The Morgan fingerprint density at radius 2 is 2.24 bits per heavy atom. The van der Waals surface area contributed by atoms with Crippen LogP contribution >= 0.6 is 0 Å². The molecule has 1 aromatic carbocycles. The molecular formula is C19H23NO. The second kappa shape index (κ2) is 4.48. The molecule has 1 saturated heterocycles. The van der Waals surface area contributed by atoms with Crippen molar-refractivity contribution >= 4 is 0 Å². The van der Waals surface area contributed by atoms with Crippen molar-refractivity contribution in [1.82, 2.24) is 4.90 Å². The van der Waals surface area contributed by atoms with Crippen LogP contribution in [0.15, 0.2) is 42.5 Å². The first-order valence-corrected chi connectivity index (χ1v) is 7.88. The van der Waals surface area contributed by atoms with E-state index in [4.69, 9.17) is 4.74 Å². The lowest BCUT2D eigenvalue weighted by atomic mass is 9.53. The van der Waals surface area contributed by atoms with E-state index in [1.54, 1.807) is 7.11 Å². The molecule has 3 aliphatic rings. The Morgan fingerprint density at radius 1 is 1.38 bits per heavy atom. The number of methoxy groups -OCH3 is 1. The Morgan fingerprint density at radius 3 is 3.05 bits per heavy atom. The van der Waals surface area contributed by atoms with Crippen LogP contribution in [-0.4, -0.2) is 31.6 Å². The lowest BCUT2D eigenvalue weighted by molar-refractivity contribution is 0.0541. The number of likely N-dealkylation sites (N-methyl/N-ethyl adjacent to an activating group) is 1. The summed E-state index contributed by atoms with van der Waals surface area (Å²) < 4.78 is 5.49. The zero-order valence-electron chi connectivity index (χ0n) is 12.9. The third kappa shape index (κ3) is 1.75. The summed E-state index contributed by atoms with van der Waals surface area (Å²) in [6.45, 7) is 5.43. The highest BCUT2D eigenvalue weighted by Crippen LogP contribution is 2.54. The molecule has 0 unspecified atom stereocenters. The van der Waals surface area contributed by atoms with Crippen LogP contribution in [-0.2, 0) is 11.8 Å². The minimum Gasteiger partial charge on any atom is -0.497 e. The van der Waals surface area contributed by atoms with Crippen molar-refractivity contribution in [3.05, 3.63) is 53.6 Å². The maximum absolute atomic E-state index is 5.49. The van der Waals surface area contributed by atoms with Gasteiger partial charge in [-0.2, -0.15) is 0 Å². The second-order valence-electron chi connectivity index (χ2n) is 6.90. The smallest absolute Gasteiger partial charge is 0.119 e. The van der Waals surface area contributed by atoms with Gasteiger partial charge in [-0.15, -0.1) is 0 Å². The summed E-state index contributed by atoms with van der Waals surface area (Å²) >= 11 is 0. The summed E-state index contributed by atoms with van der Waals surface area (Å²) in [5.74, 6) is 1.60. The fraction of sp³-hybridized carbons (Fsp3) is 0.474. The number of benzene rings is 1. The molecule has 1 aromatic rings. The number of piperidine rings is 1. The van der Waals surface area contributed by atoms with Gasteiger partial charge in [-0.05, 0) is 56.1 Å². The van der Waals surface area contributed by atoms with E-state index in [0.29, 0.717) is 12.0 Å². The standard InChI is InChI=1S/C19H23NO/c1-13-4-7-16-18-10-14-5-6-15(21-3)11-17(14)19(16,12-13)8-9-20(18)2/h4-7,11,16,18H,1,8-10,12H2,2-3H3/t16-,18+,19-/m1/s1. The Balaban J connectivity index is 1.93. The first kappa shape index (κ1) is 13.1. The molecular weight excluding hydrogens is 258 g/mol. The van der Waals surface area contributed by atoms with Crippen LogP contribution < -0.4 is 4.74 Å². The predicted molar refractivity (Wildman–Crippen MR) is 85.8 cm³/mol. The van der Waals surface area contributed by atoms with Crippen molar-refractivity contribution in [1.29, 1.82) is 0 Å².